The van der Waals surface area contributed by atoms with E-state index in [1.54, 1.807) is 12.1 Å². The van der Waals surface area contributed by atoms with Crippen LogP contribution in [0.4, 0.5) is 19.0 Å². The lowest BCUT2D eigenvalue weighted by Crippen LogP contribution is -2.56. The van der Waals surface area contributed by atoms with E-state index in [2.05, 4.69) is 4.98 Å². The molecule has 1 aromatic rings. The maximum absolute atomic E-state index is 13.2. The number of pyridine rings is 1. The van der Waals surface area contributed by atoms with E-state index in [9.17, 15) is 13.2 Å². The fourth-order valence-electron chi connectivity index (χ4n) is 3.64. The predicted octanol–water partition coefficient (Wildman–Crippen LogP) is 3.51. The van der Waals surface area contributed by atoms with Gasteiger partial charge in [0.25, 0.3) is 0 Å². The molecule has 1 saturated heterocycles. The Hall–Kier alpha value is -1.77. The molecular weight excluding hydrogens is 279 g/mol. The van der Waals surface area contributed by atoms with Crippen LogP contribution in [0.1, 0.15) is 31.2 Å². The summed E-state index contributed by atoms with van der Waals surface area (Å²) >= 11 is 0. The van der Waals surface area contributed by atoms with Gasteiger partial charge in [0.1, 0.15) is 11.9 Å². The third-order valence-electron chi connectivity index (χ3n) is 4.88. The highest BCUT2D eigenvalue weighted by atomic mass is 19.4. The molecular formula is C15H16F3N3. The first-order valence-corrected chi connectivity index (χ1v) is 7.12. The molecule has 0 aromatic carbocycles. The smallest absolute Gasteiger partial charge is 0.356 e. The van der Waals surface area contributed by atoms with Crippen molar-refractivity contribution in [1.82, 2.24) is 4.98 Å². The van der Waals surface area contributed by atoms with Crippen LogP contribution in [0.2, 0.25) is 0 Å². The second kappa shape index (κ2) is 4.90. The molecule has 112 valence electrons. The Kier molecular flexibility index (Phi) is 3.31. The van der Waals surface area contributed by atoms with Crippen molar-refractivity contribution in [2.75, 3.05) is 18.0 Å². The van der Waals surface area contributed by atoms with Crippen LogP contribution in [-0.4, -0.2) is 24.2 Å². The predicted molar refractivity (Wildman–Crippen MR) is 71.6 cm³/mol. The van der Waals surface area contributed by atoms with Crippen molar-refractivity contribution in [1.29, 1.82) is 5.26 Å². The highest BCUT2D eigenvalue weighted by Gasteiger charge is 2.58. The van der Waals surface area contributed by atoms with Gasteiger partial charge in [-0.05, 0) is 36.8 Å². The van der Waals surface area contributed by atoms with Crippen molar-refractivity contribution in [3.63, 3.8) is 0 Å². The van der Waals surface area contributed by atoms with Crippen molar-refractivity contribution in [3.8, 4) is 6.07 Å². The number of piperidine rings is 1. The minimum Gasteiger partial charge on any atom is -0.356 e. The van der Waals surface area contributed by atoms with E-state index >= 15 is 0 Å². The van der Waals surface area contributed by atoms with Gasteiger partial charge in [-0.1, -0.05) is 6.42 Å². The summed E-state index contributed by atoms with van der Waals surface area (Å²) in [5, 5.41) is 8.76. The second-order valence-corrected chi connectivity index (χ2v) is 6.04. The summed E-state index contributed by atoms with van der Waals surface area (Å²) in [5.41, 5.74) is -0.172. The van der Waals surface area contributed by atoms with Gasteiger partial charge in [0.15, 0.2) is 0 Å². The van der Waals surface area contributed by atoms with Gasteiger partial charge in [0, 0.05) is 19.3 Å². The average molecular weight is 295 g/mol. The molecule has 1 aliphatic carbocycles. The van der Waals surface area contributed by atoms with E-state index in [4.69, 9.17) is 5.26 Å². The second-order valence-electron chi connectivity index (χ2n) is 6.04. The number of rotatable bonds is 1. The summed E-state index contributed by atoms with van der Waals surface area (Å²) in [4.78, 5) is 6.14. The molecule has 3 nitrogen and oxygen atoms in total. The number of hydrogen-bond donors (Lipinski definition) is 0. The molecule has 0 bridgehead atoms. The van der Waals surface area contributed by atoms with E-state index < -0.39 is 17.5 Å². The zero-order valence-corrected chi connectivity index (χ0v) is 11.5. The van der Waals surface area contributed by atoms with Gasteiger partial charge < -0.3 is 4.90 Å². The Morgan fingerprint density at radius 1 is 1.33 bits per heavy atom. The van der Waals surface area contributed by atoms with Crippen molar-refractivity contribution in [2.45, 2.75) is 31.9 Å². The number of anilines is 1. The third-order valence-corrected chi connectivity index (χ3v) is 4.88. The topological polar surface area (TPSA) is 39.9 Å². The Morgan fingerprint density at radius 3 is 2.57 bits per heavy atom. The van der Waals surface area contributed by atoms with Crippen LogP contribution in [-0.2, 0) is 0 Å². The van der Waals surface area contributed by atoms with E-state index in [1.165, 1.54) is 6.20 Å². The molecule has 6 heteroatoms. The molecule has 1 spiro atoms. The SMILES string of the molecule is N#Cc1ccc(N2CC[C@@H](C(F)(F)F)C3(CCC3)C2)nc1. The van der Waals surface area contributed by atoms with E-state index in [0.717, 1.165) is 6.42 Å². The lowest BCUT2D eigenvalue weighted by molar-refractivity contribution is -0.225. The minimum atomic E-state index is -4.11. The zero-order valence-electron chi connectivity index (χ0n) is 11.5. The van der Waals surface area contributed by atoms with Crippen molar-refractivity contribution in [2.24, 2.45) is 11.3 Å². The third kappa shape index (κ3) is 2.45. The van der Waals surface area contributed by atoms with Crippen LogP contribution in [0.3, 0.4) is 0 Å². The van der Waals surface area contributed by atoms with Crippen LogP contribution in [0.15, 0.2) is 18.3 Å². The molecule has 2 fully saturated rings. The Labute approximate surface area is 121 Å². The molecule has 1 aromatic heterocycles. The lowest BCUT2D eigenvalue weighted by atomic mass is 9.58. The number of nitriles is 1. The zero-order chi connectivity index (χ0) is 15.1. The van der Waals surface area contributed by atoms with Gasteiger partial charge in [-0.2, -0.15) is 18.4 Å². The highest BCUT2D eigenvalue weighted by Crippen LogP contribution is 2.56. The molecule has 1 atom stereocenters. The molecule has 0 radical (unpaired) electrons. The quantitative estimate of drug-likeness (QED) is 0.796. The van der Waals surface area contributed by atoms with Crippen molar-refractivity contribution < 1.29 is 13.2 Å². The van der Waals surface area contributed by atoms with Gasteiger partial charge in [-0.25, -0.2) is 4.98 Å². The summed E-state index contributed by atoms with van der Waals surface area (Å²) in [6, 6.07) is 5.37. The average Bonchev–Trinajstić information content (AvgIpc) is 2.44. The lowest BCUT2D eigenvalue weighted by Gasteiger charge is -2.54. The molecule has 2 heterocycles. The van der Waals surface area contributed by atoms with E-state index in [-0.39, 0.29) is 6.42 Å². The Balaban J connectivity index is 1.80. The van der Waals surface area contributed by atoms with Gasteiger partial charge in [-0.3, -0.25) is 0 Å². The summed E-state index contributed by atoms with van der Waals surface area (Å²) in [6.07, 6.45) is -0.344. The molecule has 0 amide bonds. The molecule has 2 aliphatic rings. The summed E-state index contributed by atoms with van der Waals surface area (Å²) < 4.78 is 39.6. The van der Waals surface area contributed by atoms with Gasteiger partial charge in [-0.15, -0.1) is 0 Å². The number of nitrogens with zero attached hydrogens (tertiary/aromatic N) is 3. The number of aromatic nitrogens is 1. The van der Waals surface area contributed by atoms with E-state index in [0.29, 0.717) is 37.3 Å². The van der Waals surface area contributed by atoms with Crippen LogP contribution in [0.5, 0.6) is 0 Å². The highest BCUT2D eigenvalue weighted by molar-refractivity contribution is 5.43. The number of hydrogen-bond acceptors (Lipinski definition) is 3. The van der Waals surface area contributed by atoms with Crippen LogP contribution >= 0.6 is 0 Å². The maximum Gasteiger partial charge on any atom is 0.392 e. The van der Waals surface area contributed by atoms with E-state index in [1.807, 2.05) is 11.0 Å². The standard InChI is InChI=1S/C15H16F3N3/c16-15(17,18)12-4-7-21(10-14(12)5-1-6-14)13-3-2-11(8-19)9-20-13/h2-3,9,12H,1,4-7,10H2/t12-/m1/s1. The fraction of sp³-hybridized carbons (Fsp3) is 0.600. The van der Waals surface area contributed by atoms with Crippen molar-refractivity contribution >= 4 is 5.82 Å². The largest absolute Gasteiger partial charge is 0.392 e. The first-order chi connectivity index (χ1) is 9.94. The fourth-order valence-corrected chi connectivity index (χ4v) is 3.64. The molecule has 1 aliphatic heterocycles. The van der Waals surface area contributed by atoms with Gasteiger partial charge in [0.05, 0.1) is 11.5 Å². The van der Waals surface area contributed by atoms with Crippen LogP contribution in [0.25, 0.3) is 0 Å². The molecule has 21 heavy (non-hydrogen) atoms. The number of halogens is 3. The first-order valence-electron chi connectivity index (χ1n) is 7.12. The first kappa shape index (κ1) is 14.2. The molecule has 1 saturated carbocycles. The normalized spacial score (nSPS) is 24.5. The summed E-state index contributed by atoms with van der Waals surface area (Å²) in [7, 11) is 0. The Bertz CT molecular complexity index is 555. The molecule has 0 N–H and O–H groups in total. The monoisotopic (exact) mass is 295 g/mol. The van der Waals surface area contributed by atoms with Crippen molar-refractivity contribution in [3.05, 3.63) is 23.9 Å². The van der Waals surface area contributed by atoms with Gasteiger partial charge in [0.2, 0.25) is 0 Å². The van der Waals surface area contributed by atoms with Crippen LogP contribution in [0, 0.1) is 22.7 Å². The maximum atomic E-state index is 13.2. The summed E-state index contributed by atoms with van der Waals surface area (Å²) in [5.74, 6) is -0.519. The summed E-state index contributed by atoms with van der Waals surface area (Å²) in [6.45, 7) is 0.779. The van der Waals surface area contributed by atoms with Gasteiger partial charge >= 0.3 is 6.18 Å². The Morgan fingerprint density at radius 2 is 2.10 bits per heavy atom. The molecule has 0 unspecified atom stereocenters. The number of alkyl halides is 3. The van der Waals surface area contributed by atoms with Crippen LogP contribution < -0.4 is 4.90 Å². The minimum absolute atomic E-state index is 0.130. The molecule has 3 rings (SSSR count).